The number of piperidine rings is 1. The van der Waals surface area contributed by atoms with Crippen molar-refractivity contribution in [3.05, 3.63) is 0 Å². The molecule has 0 aromatic carbocycles. The topological polar surface area (TPSA) is 49.5 Å². The van der Waals surface area contributed by atoms with E-state index in [1.54, 1.807) is 0 Å². The maximum absolute atomic E-state index is 9.22. The van der Waals surface area contributed by atoms with E-state index in [2.05, 4.69) is 11.9 Å². The molecule has 1 aliphatic heterocycles. The fourth-order valence-electron chi connectivity index (χ4n) is 2.28. The van der Waals surface area contributed by atoms with Gasteiger partial charge in [-0.25, -0.2) is 0 Å². The molecule has 78 valence electrons. The highest BCUT2D eigenvalue weighted by Gasteiger charge is 2.24. The number of nitrogens with zero attached hydrogens (tertiary/aromatic N) is 1. The maximum atomic E-state index is 9.22. The zero-order valence-corrected chi connectivity index (χ0v) is 8.58. The van der Waals surface area contributed by atoms with Crippen LogP contribution in [-0.4, -0.2) is 43.3 Å². The molecular formula is C10H22N2O. The van der Waals surface area contributed by atoms with Crippen LogP contribution in [0.3, 0.4) is 0 Å². The van der Waals surface area contributed by atoms with Gasteiger partial charge < -0.3 is 15.7 Å². The third-order valence-electron chi connectivity index (χ3n) is 3.10. The van der Waals surface area contributed by atoms with Gasteiger partial charge in [0.05, 0.1) is 0 Å². The van der Waals surface area contributed by atoms with E-state index in [-0.39, 0.29) is 0 Å². The number of hydrogen-bond donors (Lipinski definition) is 2. The number of aliphatic hydroxyl groups excluding tert-OH is 1. The van der Waals surface area contributed by atoms with Gasteiger partial charge in [0.25, 0.3) is 0 Å². The van der Waals surface area contributed by atoms with Crippen molar-refractivity contribution in [2.24, 2.45) is 17.6 Å². The van der Waals surface area contributed by atoms with E-state index in [0.29, 0.717) is 25.0 Å². The Balaban J connectivity index is 2.37. The van der Waals surface area contributed by atoms with Crippen LogP contribution in [0.25, 0.3) is 0 Å². The average Bonchev–Trinajstić information content (AvgIpc) is 2.14. The van der Waals surface area contributed by atoms with Crippen molar-refractivity contribution in [2.75, 3.05) is 33.3 Å². The van der Waals surface area contributed by atoms with Crippen LogP contribution in [0.4, 0.5) is 0 Å². The molecule has 0 aliphatic carbocycles. The Bertz CT molecular complexity index is 141. The second-order valence-electron chi connectivity index (χ2n) is 4.18. The summed E-state index contributed by atoms with van der Waals surface area (Å²) in [6.07, 6.45) is 3.49. The van der Waals surface area contributed by atoms with E-state index in [1.165, 1.54) is 19.4 Å². The summed E-state index contributed by atoms with van der Waals surface area (Å²) in [4.78, 5) is 2.35. The van der Waals surface area contributed by atoms with E-state index in [1.807, 2.05) is 0 Å². The molecule has 2 unspecified atom stereocenters. The third kappa shape index (κ3) is 3.25. The van der Waals surface area contributed by atoms with Crippen LogP contribution in [0.5, 0.6) is 0 Å². The van der Waals surface area contributed by atoms with Crippen molar-refractivity contribution in [1.29, 1.82) is 0 Å². The number of rotatable bonds is 4. The molecule has 3 heteroatoms. The van der Waals surface area contributed by atoms with E-state index < -0.39 is 0 Å². The van der Waals surface area contributed by atoms with Crippen LogP contribution in [0.2, 0.25) is 0 Å². The van der Waals surface area contributed by atoms with Crippen molar-refractivity contribution in [2.45, 2.75) is 19.3 Å². The van der Waals surface area contributed by atoms with Gasteiger partial charge in [-0.3, -0.25) is 0 Å². The molecular weight excluding hydrogens is 164 g/mol. The Morgan fingerprint density at radius 3 is 2.92 bits per heavy atom. The summed E-state index contributed by atoms with van der Waals surface area (Å²) >= 11 is 0. The molecule has 1 aliphatic rings. The molecule has 0 bridgehead atoms. The minimum atomic E-state index is 0.301. The summed E-state index contributed by atoms with van der Waals surface area (Å²) in [5.74, 6) is 1.08. The summed E-state index contributed by atoms with van der Waals surface area (Å²) in [6, 6.07) is 0. The second-order valence-corrected chi connectivity index (χ2v) is 4.18. The molecule has 0 saturated carbocycles. The smallest absolute Gasteiger partial charge is 0.0462 e. The fraction of sp³-hybridized carbons (Fsp3) is 1.00. The quantitative estimate of drug-likeness (QED) is 0.663. The lowest BCUT2D eigenvalue weighted by Crippen LogP contribution is -2.37. The summed E-state index contributed by atoms with van der Waals surface area (Å²) in [7, 11) is 2.16. The third-order valence-corrected chi connectivity index (χ3v) is 3.10. The molecule has 13 heavy (non-hydrogen) atoms. The first-order valence-electron chi connectivity index (χ1n) is 5.27. The van der Waals surface area contributed by atoms with Crippen molar-refractivity contribution < 1.29 is 5.11 Å². The van der Waals surface area contributed by atoms with Gasteiger partial charge in [-0.2, -0.15) is 0 Å². The molecule has 0 spiro atoms. The maximum Gasteiger partial charge on any atom is 0.0462 e. The van der Waals surface area contributed by atoms with Crippen molar-refractivity contribution in [3.63, 3.8) is 0 Å². The molecule has 3 nitrogen and oxygen atoms in total. The number of likely N-dealkylation sites (tertiary alicyclic amines) is 1. The first-order chi connectivity index (χ1) is 6.27. The van der Waals surface area contributed by atoms with Crippen molar-refractivity contribution >= 4 is 0 Å². The molecule has 3 N–H and O–H groups in total. The number of hydrogen-bond acceptors (Lipinski definition) is 3. The van der Waals surface area contributed by atoms with Gasteiger partial charge in [-0.05, 0) is 51.2 Å². The number of aliphatic hydroxyl groups is 1. The second kappa shape index (κ2) is 5.58. The molecule has 1 fully saturated rings. The van der Waals surface area contributed by atoms with E-state index >= 15 is 0 Å². The molecule has 1 saturated heterocycles. The van der Waals surface area contributed by atoms with E-state index in [0.717, 1.165) is 13.0 Å². The Labute approximate surface area is 80.9 Å². The van der Waals surface area contributed by atoms with Crippen LogP contribution >= 0.6 is 0 Å². The lowest BCUT2D eigenvalue weighted by atomic mass is 9.84. The highest BCUT2D eigenvalue weighted by atomic mass is 16.3. The van der Waals surface area contributed by atoms with Crippen LogP contribution in [0.15, 0.2) is 0 Å². The summed E-state index contributed by atoms with van der Waals surface area (Å²) < 4.78 is 0. The van der Waals surface area contributed by atoms with Crippen molar-refractivity contribution in [3.8, 4) is 0 Å². The van der Waals surface area contributed by atoms with Gasteiger partial charge in [0.1, 0.15) is 0 Å². The summed E-state index contributed by atoms with van der Waals surface area (Å²) in [6.45, 7) is 3.34. The fourth-order valence-corrected chi connectivity index (χ4v) is 2.28. The molecule has 0 amide bonds. The largest absolute Gasteiger partial charge is 0.396 e. The molecule has 1 rings (SSSR count). The Hall–Kier alpha value is -0.120. The lowest BCUT2D eigenvalue weighted by molar-refractivity contribution is 0.106. The highest BCUT2D eigenvalue weighted by molar-refractivity contribution is 4.77. The Kier molecular flexibility index (Phi) is 4.70. The molecule has 0 aromatic rings. The minimum Gasteiger partial charge on any atom is -0.396 e. The van der Waals surface area contributed by atoms with E-state index in [9.17, 15) is 5.11 Å². The summed E-state index contributed by atoms with van der Waals surface area (Å²) in [5.41, 5.74) is 5.52. The summed E-state index contributed by atoms with van der Waals surface area (Å²) in [5, 5.41) is 9.22. The van der Waals surface area contributed by atoms with Crippen LogP contribution in [0, 0.1) is 11.8 Å². The first kappa shape index (κ1) is 11.0. The average molecular weight is 186 g/mol. The Morgan fingerprint density at radius 2 is 2.38 bits per heavy atom. The monoisotopic (exact) mass is 186 g/mol. The van der Waals surface area contributed by atoms with E-state index in [4.69, 9.17) is 5.73 Å². The van der Waals surface area contributed by atoms with Crippen LogP contribution < -0.4 is 5.73 Å². The van der Waals surface area contributed by atoms with Crippen LogP contribution in [0.1, 0.15) is 19.3 Å². The molecule has 2 atom stereocenters. The van der Waals surface area contributed by atoms with Gasteiger partial charge in [-0.1, -0.05) is 0 Å². The minimum absolute atomic E-state index is 0.301. The van der Waals surface area contributed by atoms with Gasteiger partial charge >= 0.3 is 0 Å². The van der Waals surface area contributed by atoms with Gasteiger partial charge in [0.15, 0.2) is 0 Å². The van der Waals surface area contributed by atoms with Crippen LogP contribution in [-0.2, 0) is 0 Å². The highest BCUT2D eigenvalue weighted by Crippen LogP contribution is 2.24. The lowest BCUT2D eigenvalue weighted by Gasteiger charge is -2.34. The van der Waals surface area contributed by atoms with Gasteiger partial charge in [0, 0.05) is 13.2 Å². The van der Waals surface area contributed by atoms with Gasteiger partial charge in [0.2, 0.25) is 0 Å². The Morgan fingerprint density at radius 1 is 1.62 bits per heavy atom. The SMILES string of the molecule is CN1CCCC(C(CO)CCN)C1. The predicted octanol–water partition coefficient (Wildman–Crippen LogP) is 0.285. The zero-order chi connectivity index (χ0) is 9.68. The zero-order valence-electron chi connectivity index (χ0n) is 8.58. The molecule has 0 aromatic heterocycles. The van der Waals surface area contributed by atoms with Crippen molar-refractivity contribution in [1.82, 2.24) is 4.90 Å². The van der Waals surface area contributed by atoms with Gasteiger partial charge in [-0.15, -0.1) is 0 Å². The first-order valence-corrected chi connectivity index (χ1v) is 5.27. The number of nitrogens with two attached hydrogens (primary N) is 1. The molecule has 1 heterocycles. The normalized spacial score (nSPS) is 27.5. The standard InChI is InChI=1S/C10H22N2O/c1-12-6-2-3-9(7-12)10(8-13)4-5-11/h9-10,13H,2-8,11H2,1H3. The predicted molar refractivity (Wildman–Crippen MR) is 54.5 cm³/mol. The molecule has 0 radical (unpaired) electrons.